The second kappa shape index (κ2) is 5.40. The Kier molecular flexibility index (Phi) is 4.06. The lowest BCUT2D eigenvalue weighted by atomic mass is 10.4. The molecule has 0 bridgehead atoms. The normalized spacial score (nSPS) is 19.9. The SMILES string of the molecule is CN1CCCN(S(=O)(=O)c2ccc(CN)o2)CC1. The van der Waals surface area contributed by atoms with Crippen molar-refractivity contribution in [1.82, 2.24) is 9.21 Å². The third-order valence-electron chi connectivity index (χ3n) is 3.11. The molecule has 0 saturated carbocycles. The Morgan fingerprint density at radius 1 is 1.28 bits per heavy atom. The molecule has 0 atom stereocenters. The molecule has 0 unspecified atom stereocenters. The van der Waals surface area contributed by atoms with Crippen molar-refractivity contribution in [2.75, 3.05) is 33.2 Å². The molecule has 1 saturated heterocycles. The molecule has 2 rings (SSSR count). The number of nitrogens with zero attached hydrogens (tertiary/aromatic N) is 2. The Balaban J connectivity index is 2.19. The molecule has 0 aliphatic carbocycles. The highest BCUT2D eigenvalue weighted by Crippen LogP contribution is 2.19. The van der Waals surface area contributed by atoms with Crippen molar-refractivity contribution in [3.63, 3.8) is 0 Å². The van der Waals surface area contributed by atoms with Crippen molar-refractivity contribution in [1.29, 1.82) is 0 Å². The van der Waals surface area contributed by atoms with E-state index in [1.165, 1.54) is 10.4 Å². The first-order chi connectivity index (χ1) is 8.54. The van der Waals surface area contributed by atoms with Crippen molar-refractivity contribution in [2.45, 2.75) is 18.1 Å². The Morgan fingerprint density at radius 2 is 2.06 bits per heavy atom. The van der Waals surface area contributed by atoms with E-state index < -0.39 is 10.0 Å². The Hall–Kier alpha value is -0.890. The van der Waals surface area contributed by atoms with Gasteiger partial charge in [0.05, 0.1) is 6.54 Å². The highest BCUT2D eigenvalue weighted by atomic mass is 32.2. The second-order valence-electron chi connectivity index (χ2n) is 4.49. The number of nitrogens with two attached hydrogens (primary N) is 1. The maximum atomic E-state index is 12.3. The Labute approximate surface area is 107 Å². The topological polar surface area (TPSA) is 79.8 Å². The predicted molar refractivity (Wildman–Crippen MR) is 67.5 cm³/mol. The zero-order chi connectivity index (χ0) is 13.2. The van der Waals surface area contributed by atoms with Gasteiger partial charge in [0.15, 0.2) is 0 Å². The van der Waals surface area contributed by atoms with Crippen LogP contribution in [0.3, 0.4) is 0 Å². The molecule has 0 aromatic carbocycles. The molecule has 1 aromatic rings. The molecule has 0 spiro atoms. The Morgan fingerprint density at radius 3 is 2.72 bits per heavy atom. The molecule has 102 valence electrons. The van der Waals surface area contributed by atoms with Crippen molar-refractivity contribution in [3.8, 4) is 0 Å². The van der Waals surface area contributed by atoms with E-state index in [2.05, 4.69) is 4.90 Å². The minimum absolute atomic E-state index is 0.00694. The van der Waals surface area contributed by atoms with Gasteiger partial charge in [-0.15, -0.1) is 0 Å². The van der Waals surface area contributed by atoms with Crippen LogP contribution >= 0.6 is 0 Å². The third-order valence-corrected chi connectivity index (χ3v) is 4.88. The number of sulfonamides is 1. The molecule has 1 aliphatic heterocycles. The van der Waals surface area contributed by atoms with Crippen LogP contribution in [0.5, 0.6) is 0 Å². The summed E-state index contributed by atoms with van der Waals surface area (Å²) in [5.41, 5.74) is 5.42. The number of hydrogen-bond donors (Lipinski definition) is 1. The number of hydrogen-bond acceptors (Lipinski definition) is 5. The summed E-state index contributed by atoms with van der Waals surface area (Å²) in [6.07, 6.45) is 0.834. The zero-order valence-electron chi connectivity index (χ0n) is 10.5. The van der Waals surface area contributed by atoms with Gasteiger partial charge in [0.1, 0.15) is 5.76 Å². The molecule has 1 fully saturated rings. The van der Waals surface area contributed by atoms with E-state index >= 15 is 0 Å². The first-order valence-corrected chi connectivity index (χ1v) is 7.45. The van der Waals surface area contributed by atoms with Gasteiger partial charge in [-0.3, -0.25) is 0 Å². The molecule has 1 aromatic heterocycles. The summed E-state index contributed by atoms with van der Waals surface area (Å²) in [5, 5.41) is -0.00694. The van der Waals surface area contributed by atoms with Crippen LogP contribution in [0.2, 0.25) is 0 Å². The number of furan rings is 1. The van der Waals surface area contributed by atoms with Crippen LogP contribution in [-0.2, 0) is 16.6 Å². The van der Waals surface area contributed by atoms with E-state index in [4.69, 9.17) is 10.2 Å². The molecule has 2 heterocycles. The average Bonchev–Trinajstić information content (AvgIpc) is 2.72. The molecule has 0 radical (unpaired) electrons. The fourth-order valence-electron chi connectivity index (χ4n) is 2.00. The number of rotatable bonds is 3. The van der Waals surface area contributed by atoms with Crippen LogP contribution in [-0.4, -0.2) is 50.8 Å². The number of likely N-dealkylation sites (N-methyl/N-ethyl adjacent to an activating group) is 1. The van der Waals surface area contributed by atoms with Gasteiger partial charge in [0.2, 0.25) is 5.09 Å². The van der Waals surface area contributed by atoms with Gasteiger partial charge in [-0.25, -0.2) is 8.42 Å². The largest absolute Gasteiger partial charge is 0.447 e. The molecule has 2 N–H and O–H groups in total. The van der Waals surface area contributed by atoms with Crippen LogP contribution in [0.15, 0.2) is 21.6 Å². The van der Waals surface area contributed by atoms with E-state index in [0.29, 0.717) is 18.8 Å². The summed E-state index contributed by atoms with van der Waals surface area (Å²) in [6.45, 7) is 2.89. The van der Waals surface area contributed by atoms with Gasteiger partial charge in [0, 0.05) is 19.6 Å². The zero-order valence-corrected chi connectivity index (χ0v) is 11.3. The van der Waals surface area contributed by atoms with Gasteiger partial charge in [-0.05, 0) is 32.1 Å². The summed E-state index contributed by atoms with van der Waals surface area (Å²) >= 11 is 0. The summed E-state index contributed by atoms with van der Waals surface area (Å²) in [5.74, 6) is 0.487. The smallest absolute Gasteiger partial charge is 0.276 e. The van der Waals surface area contributed by atoms with Crippen molar-refractivity contribution in [2.24, 2.45) is 5.73 Å². The van der Waals surface area contributed by atoms with Crippen molar-refractivity contribution in [3.05, 3.63) is 17.9 Å². The maximum absolute atomic E-state index is 12.3. The fourth-order valence-corrected chi connectivity index (χ4v) is 3.40. The van der Waals surface area contributed by atoms with Crippen molar-refractivity contribution < 1.29 is 12.8 Å². The van der Waals surface area contributed by atoms with E-state index in [0.717, 1.165) is 19.5 Å². The third kappa shape index (κ3) is 2.74. The average molecular weight is 273 g/mol. The lowest BCUT2D eigenvalue weighted by molar-refractivity contribution is 0.341. The first kappa shape index (κ1) is 13.5. The highest BCUT2D eigenvalue weighted by Gasteiger charge is 2.28. The minimum Gasteiger partial charge on any atom is -0.447 e. The minimum atomic E-state index is -3.51. The van der Waals surface area contributed by atoms with E-state index in [1.807, 2.05) is 7.05 Å². The first-order valence-electron chi connectivity index (χ1n) is 6.01. The molecule has 7 heteroatoms. The van der Waals surface area contributed by atoms with Crippen LogP contribution < -0.4 is 5.73 Å². The summed E-state index contributed by atoms with van der Waals surface area (Å²) in [4.78, 5) is 2.13. The monoisotopic (exact) mass is 273 g/mol. The summed E-state index contributed by atoms with van der Waals surface area (Å²) in [7, 11) is -1.52. The molecule has 18 heavy (non-hydrogen) atoms. The predicted octanol–water partition coefficient (Wildman–Crippen LogP) is 0.0645. The maximum Gasteiger partial charge on any atom is 0.276 e. The molecule has 1 aliphatic rings. The van der Waals surface area contributed by atoms with E-state index in [-0.39, 0.29) is 11.6 Å². The van der Waals surface area contributed by atoms with E-state index in [1.54, 1.807) is 6.07 Å². The van der Waals surface area contributed by atoms with Gasteiger partial charge in [-0.2, -0.15) is 4.31 Å². The highest BCUT2D eigenvalue weighted by molar-refractivity contribution is 7.89. The van der Waals surface area contributed by atoms with Gasteiger partial charge in [0.25, 0.3) is 10.0 Å². The lowest BCUT2D eigenvalue weighted by Gasteiger charge is -2.18. The standard InChI is InChI=1S/C11H19N3O3S/c1-13-5-2-6-14(8-7-13)18(15,16)11-4-3-10(9-12)17-11/h3-4H,2,5-9,12H2,1H3. The van der Waals surface area contributed by atoms with E-state index in [9.17, 15) is 8.42 Å². The van der Waals surface area contributed by atoms with Crippen molar-refractivity contribution >= 4 is 10.0 Å². The van der Waals surface area contributed by atoms with Gasteiger partial charge < -0.3 is 15.1 Å². The Bertz CT molecular complexity index is 497. The van der Waals surface area contributed by atoms with Gasteiger partial charge in [-0.1, -0.05) is 0 Å². The van der Waals surface area contributed by atoms with Crippen LogP contribution in [0, 0.1) is 0 Å². The van der Waals surface area contributed by atoms with Crippen LogP contribution in [0.1, 0.15) is 12.2 Å². The molecular weight excluding hydrogens is 254 g/mol. The van der Waals surface area contributed by atoms with Crippen LogP contribution in [0.4, 0.5) is 0 Å². The fraction of sp³-hybridized carbons (Fsp3) is 0.636. The molecular formula is C11H19N3O3S. The summed E-state index contributed by atoms with van der Waals surface area (Å²) < 4.78 is 31.4. The molecule has 0 amide bonds. The second-order valence-corrected chi connectivity index (χ2v) is 6.35. The summed E-state index contributed by atoms with van der Waals surface area (Å²) in [6, 6.07) is 3.09. The van der Waals surface area contributed by atoms with Crippen LogP contribution in [0.25, 0.3) is 0 Å². The lowest BCUT2D eigenvalue weighted by Crippen LogP contribution is -2.34. The van der Waals surface area contributed by atoms with Gasteiger partial charge >= 0.3 is 0 Å². The molecule has 6 nitrogen and oxygen atoms in total. The quantitative estimate of drug-likeness (QED) is 0.842.